The molecule has 0 fully saturated rings. The van der Waals surface area contributed by atoms with Gasteiger partial charge in [0.1, 0.15) is 0 Å². The van der Waals surface area contributed by atoms with Crippen LogP contribution in [0.15, 0.2) is 24.3 Å². The summed E-state index contributed by atoms with van der Waals surface area (Å²) in [7, 11) is 0. The van der Waals surface area contributed by atoms with Crippen molar-refractivity contribution in [3.63, 3.8) is 0 Å². The normalized spacial score (nSPS) is 12.1. The third kappa shape index (κ3) is 4.80. The molecule has 0 radical (unpaired) electrons. The smallest absolute Gasteiger partial charge is 0.0205 e. The molecule has 0 saturated heterocycles. The molecule has 0 unspecified atom stereocenters. The van der Waals surface area contributed by atoms with Crippen molar-refractivity contribution in [3.8, 4) is 0 Å². The quantitative estimate of drug-likeness (QED) is 0.808. The van der Waals surface area contributed by atoms with Gasteiger partial charge >= 0.3 is 0 Å². The van der Waals surface area contributed by atoms with E-state index >= 15 is 0 Å². The Morgan fingerprint density at radius 1 is 1.06 bits per heavy atom. The molecule has 0 aliphatic rings. The van der Waals surface area contributed by atoms with Crippen LogP contribution in [0.25, 0.3) is 0 Å². The molecule has 1 rings (SSSR count). The average molecular weight is 219 g/mol. The molecule has 1 aromatic carbocycles. The molecule has 0 bridgehead atoms. The van der Waals surface area contributed by atoms with Gasteiger partial charge in [0.2, 0.25) is 0 Å². The van der Waals surface area contributed by atoms with Gasteiger partial charge in [-0.3, -0.25) is 0 Å². The van der Waals surface area contributed by atoms with Crippen molar-refractivity contribution in [3.05, 3.63) is 35.4 Å². The maximum atomic E-state index is 3.49. The first-order chi connectivity index (χ1) is 7.38. The van der Waals surface area contributed by atoms with Crippen molar-refractivity contribution < 1.29 is 0 Å². The maximum absolute atomic E-state index is 3.49. The van der Waals surface area contributed by atoms with E-state index < -0.39 is 0 Å². The summed E-state index contributed by atoms with van der Waals surface area (Å²) in [5.41, 5.74) is 3.14. The fourth-order valence-electron chi connectivity index (χ4n) is 1.60. The predicted octanol–water partition coefficient (Wildman–Crippen LogP) is 3.95. The Hall–Kier alpha value is -0.820. The van der Waals surface area contributed by atoms with Crippen LogP contribution in [0.2, 0.25) is 0 Å². The summed E-state index contributed by atoms with van der Waals surface area (Å²) in [5, 5.41) is 3.49. The van der Waals surface area contributed by atoms with E-state index in [1.54, 1.807) is 0 Å². The molecule has 0 aliphatic carbocycles. The molecular formula is C15H25N. The largest absolute Gasteiger partial charge is 0.312 e. The van der Waals surface area contributed by atoms with Crippen LogP contribution >= 0.6 is 0 Å². The standard InChI is InChI=1S/C15H25N/c1-12(2)14-8-6-13(7-9-14)10-16-11-15(3,4)5/h6-9,12,16H,10-11H2,1-5H3. The highest BCUT2D eigenvalue weighted by Gasteiger charge is 2.08. The Morgan fingerprint density at radius 3 is 2.06 bits per heavy atom. The summed E-state index contributed by atoms with van der Waals surface area (Å²) < 4.78 is 0. The molecule has 16 heavy (non-hydrogen) atoms. The molecule has 1 nitrogen and oxygen atoms in total. The zero-order valence-electron chi connectivity index (χ0n) is 11.3. The van der Waals surface area contributed by atoms with E-state index in [-0.39, 0.29) is 0 Å². The van der Waals surface area contributed by atoms with E-state index in [4.69, 9.17) is 0 Å². The van der Waals surface area contributed by atoms with Gasteiger partial charge in [-0.05, 0) is 22.5 Å². The van der Waals surface area contributed by atoms with Crippen molar-refractivity contribution in [1.82, 2.24) is 5.32 Å². The fourth-order valence-corrected chi connectivity index (χ4v) is 1.60. The summed E-state index contributed by atoms with van der Waals surface area (Å²) in [6, 6.07) is 8.92. The molecule has 1 N–H and O–H groups in total. The van der Waals surface area contributed by atoms with E-state index in [2.05, 4.69) is 64.2 Å². The molecule has 0 aromatic heterocycles. The van der Waals surface area contributed by atoms with Gasteiger partial charge in [0.25, 0.3) is 0 Å². The summed E-state index contributed by atoms with van der Waals surface area (Å²) in [5.74, 6) is 0.622. The second-order valence-electron chi connectivity index (χ2n) is 6.06. The van der Waals surface area contributed by atoms with Gasteiger partial charge in [-0.25, -0.2) is 0 Å². The highest BCUT2D eigenvalue weighted by atomic mass is 14.9. The lowest BCUT2D eigenvalue weighted by Crippen LogP contribution is -2.26. The molecule has 0 heterocycles. The predicted molar refractivity (Wildman–Crippen MR) is 71.7 cm³/mol. The van der Waals surface area contributed by atoms with Gasteiger partial charge in [-0.1, -0.05) is 58.9 Å². The molecule has 0 amide bonds. The minimum atomic E-state index is 0.359. The molecule has 0 aliphatic heterocycles. The third-order valence-corrected chi connectivity index (χ3v) is 2.63. The van der Waals surface area contributed by atoms with Crippen LogP contribution < -0.4 is 5.32 Å². The van der Waals surface area contributed by atoms with Crippen LogP contribution in [0, 0.1) is 5.41 Å². The minimum Gasteiger partial charge on any atom is -0.312 e. The van der Waals surface area contributed by atoms with Crippen LogP contribution in [0.3, 0.4) is 0 Å². The average Bonchev–Trinajstić information content (AvgIpc) is 2.16. The zero-order chi connectivity index (χ0) is 12.2. The first-order valence-corrected chi connectivity index (χ1v) is 6.18. The van der Waals surface area contributed by atoms with Crippen LogP contribution in [0.4, 0.5) is 0 Å². The third-order valence-electron chi connectivity index (χ3n) is 2.63. The van der Waals surface area contributed by atoms with Gasteiger partial charge in [0.05, 0.1) is 0 Å². The summed E-state index contributed by atoms with van der Waals surface area (Å²) in [6.07, 6.45) is 0. The van der Waals surface area contributed by atoms with Gasteiger partial charge in [-0.2, -0.15) is 0 Å². The van der Waals surface area contributed by atoms with E-state index in [1.165, 1.54) is 11.1 Å². The zero-order valence-corrected chi connectivity index (χ0v) is 11.3. The number of hydrogen-bond acceptors (Lipinski definition) is 1. The SMILES string of the molecule is CC(C)c1ccc(CNCC(C)(C)C)cc1. The topological polar surface area (TPSA) is 12.0 Å². The molecule has 0 atom stereocenters. The lowest BCUT2D eigenvalue weighted by Gasteiger charge is -2.18. The van der Waals surface area contributed by atoms with Crippen molar-refractivity contribution in [1.29, 1.82) is 0 Å². The number of nitrogens with one attached hydrogen (secondary N) is 1. The minimum absolute atomic E-state index is 0.359. The van der Waals surface area contributed by atoms with Crippen LogP contribution in [0.1, 0.15) is 51.7 Å². The Balaban J connectivity index is 2.44. The molecular weight excluding hydrogens is 194 g/mol. The number of hydrogen-bond donors (Lipinski definition) is 1. The molecule has 1 aromatic rings. The lowest BCUT2D eigenvalue weighted by atomic mass is 9.97. The highest BCUT2D eigenvalue weighted by Crippen LogP contribution is 2.15. The van der Waals surface area contributed by atoms with Crippen molar-refractivity contribution >= 4 is 0 Å². The van der Waals surface area contributed by atoms with Crippen molar-refractivity contribution in [2.75, 3.05) is 6.54 Å². The Bertz CT molecular complexity index is 303. The van der Waals surface area contributed by atoms with Crippen molar-refractivity contribution in [2.45, 2.75) is 47.1 Å². The van der Waals surface area contributed by atoms with E-state index in [1.807, 2.05) is 0 Å². The van der Waals surface area contributed by atoms with Crippen LogP contribution in [-0.4, -0.2) is 6.54 Å². The van der Waals surface area contributed by atoms with Gasteiger partial charge in [-0.15, -0.1) is 0 Å². The Morgan fingerprint density at radius 2 is 1.62 bits per heavy atom. The second kappa shape index (κ2) is 5.49. The first kappa shape index (κ1) is 13.2. The summed E-state index contributed by atoms with van der Waals surface area (Å²) >= 11 is 0. The Kier molecular flexibility index (Phi) is 4.55. The van der Waals surface area contributed by atoms with E-state index in [0.717, 1.165) is 13.1 Å². The van der Waals surface area contributed by atoms with E-state index in [0.29, 0.717) is 11.3 Å². The molecule has 0 spiro atoms. The second-order valence-corrected chi connectivity index (χ2v) is 6.06. The lowest BCUT2D eigenvalue weighted by molar-refractivity contribution is 0.379. The monoisotopic (exact) mass is 219 g/mol. The Labute approximate surface area is 100 Å². The molecule has 90 valence electrons. The number of benzene rings is 1. The van der Waals surface area contributed by atoms with Gasteiger partial charge in [0, 0.05) is 13.1 Å². The maximum Gasteiger partial charge on any atom is 0.0205 e. The highest BCUT2D eigenvalue weighted by molar-refractivity contribution is 5.24. The fraction of sp³-hybridized carbons (Fsp3) is 0.600. The first-order valence-electron chi connectivity index (χ1n) is 6.18. The number of rotatable bonds is 4. The van der Waals surface area contributed by atoms with Gasteiger partial charge in [0.15, 0.2) is 0 Å². The van der Waals surface area contributed by atoms with Gasteiger partial charge < -0.3 is 5.32 Å². The van der Waals surface area contributed by atoms with Crippen molar-refractivity contribution in [2.24, 2.45) is 5.41 Å². The molecule has 0 saturated carbocycles. The van der Waals surface area contributed by atoms with Crippen LogP contribution in [-0.2, 0) is 6.54 Å². The van der Waals surface area contributed by atoms with E-state index in [9.17, 15) is 0 Å². The summed E-state index contributed by atoms with van der Waals surface area (Å²) in [4.78, 5) is 0. The van der Waals surface area contributed by atoms with Crippen LogP contribution in [0.5, 0.6) is 0 Å². The molecule has 1 heteroatoms. The summed E-state index contributed by atoms with van der Waals surface area (Å²) in [6.45, 7) is 13.2.